The van der Waals surface area contributed by atoms with Crippen molar-refractivity contribution in [3.63, 3.8) is 0 Å². The third-order valence-corrected chi connectivity index (χ3v) is 4.09. The molecule has 0 unspecified atom stereocenters. The highest BCUT2D eigenvalue weighted by Crippen LogP contribution is 2.30. The Morgan fingerprint density at radius 1 is 1.24 bits per heavy atom. The summed E-state index contributed by atoms with van der Waals surface area (Å²) >= 11 is 0. The summed E-state index contributed by atoms with van der Waals surface area (Å²) in [7, 11) is -4.30. The summed E-state index contributed by atoms with van der Waals surface area (Å²) in [6.45, 7) is -1.40. The predicted molar refractivity (Wildman–Crippen MR) is 78.1 cm³/mol. The first-order valence-corrected chi connectivity index (χ1v) is 8.24. The number of carbonyl (C=O) groups is 2. The molecule has 0 saturated heterocycles. The molecule has 1 rings (SSSR count). The van der Waals surface area contributed by atoms with E-state index in [0.29, 0.717) is 6.07 Å². The molecule has 12 heteroatoms. The molecule has 0 fully saturated rings. The molecular formula is C13H15F3N2O6S. The monoisotopic (exact) mass is 384 g/mol. The van der Waals surface area contributed by atoms with Gasteiger partial charge < -0.3 is 15.2 Å². The number of benzene rings is 1. The number of hydrogen-bond acceptors (Lipinski definition) is 5. The van der Waals surface area contributed by atoms with E-state index in [2.05, 4.69) is 10.1 Å². The Morgan fingerprint density at radius 2 is 1.92 bits per heavy atom. The fourth-order valence-electron chi connectivity index (χ4n) is 1.57. The summed E-state index contributed by atoms with van der Waals surface area (Å²) in [5.74, 6) is -1.94. The molecule has 0 aliphatic heterocycles. The maximum atomic E-state index is 12.6. The van der Waals surface area contributed by atoms with Gasteiger partial charge in [-0.2, -0.15) is 13.2 Å². The van der Waals surface area contributed by atoms with E-state index < -0.39 is 51.7 Å². The fourth-order valence-corrected chi connectivity index (χ4v) is 2.60. The minimum atomic E-state index is -4.70. The van der Waals surface area contributed by atoms with Crippen LogP contribution in [0.4, 0.5) is 13.2 Å². The van der Waals surface area contributed by atoms with Crippen LogP contribution >= 0.6 is 0 Å². The lowest BCUT2D eigenvalue weighted by atomic mass is 10.2. The van der Waals surface area contributed by atoms with Gasteiger partial charge in [0.05, 0.1) is 23.6 Å². The zero-order chi connectivity index (χ0) is 19.1. The first-order chi connectivity index (χ1) is 11.5. The van der Waals surface area contributed by atoms with Crippen molar-refractivity contribution in [2.45, 2.75) is 11.1 Å². The minimum absolute atomic E-state index is 0.0581. The first kappa shape index (κ1) is 20.9. The van der Waals surface area contributed by atoms with Crippen LogP contribution in [0.2, 0.25) is 0 Å². The van der Waals surface area contributed by atoms with Gasteiger partial charge >= 0.3 is 12.1 Å². The van der Waals surface area contributed by atoms with Crippen LogP contribution in [-0.4, -0.2) is 51.7 Å². The highest BCUT2D eigenvalue weighted by molar-refractivity contribution is 7.89. The van der Waals surface area contributed by atoms with Crippen LogP contribution in [-0.2, 0) is 30.5 Å². The third-order valence-electron chi connectivity index (χ3n) is 2.69. The average molecular weight is 384 g/mol. The van der Waals surface area contributed by atoms with E-state index in [9.17, 15) is 31.2 Å². The predicted octanol–water partition coefficient (Wildman–Crippen LogP) is 0.201. The molecule has 8 nitrogen and oxygen atoms in total. The van der Waals surface area contributed by atoms with Crippen LogP contribution in [0.25, 0.3) is 0 Å². The van der Waals surface area contributed by atoms with Crippen LogP contribution in [0.1, 0.15) is 5.56 Å². The van der Waals surface area contributed by atoms with Gasteiger partial charge in [0.1, 0.15) is 6.61 Å². The number of carboxylic acid groups (broad SMARTS) is 1. The zero-order valence-electron chi connectivity index (χ0n) is 12.7. The minimum Gasteiger partial charge on any atom is -0.480 e. The summed E-state index contributed by atoms with van der Waals surface area (Å²) < 4.78 is 68.1. The molecular weight excluding hydrogens is 369 g/mol. The summed E-state index contributed by atoms with van der Waals surface area (Å²) in [5.41, 5.74) is -1.13. The molecule has 0 saturated carbocycles. The standard InChI is InChI=1S/C13H15F3N2O6S/c14-13(15,16)9-2-1-3-10(6-9)25(22,23)18-7-11(19)17-4-5-24-8-12(20)21/h1-3,6,18H,4-5,7-8H2,(H,17,19)(H,20,21). The molecule has 0 atom stereocenters. The van der Waals surface area contributed by atoms with Gasteiger partial charge in [0, 0.05) is 6.54 Å². The van der Waals surface area contributed by atoms with Crippen molar-refractivity contribution in [2.24, 2.45) is 0 Å². The second-order valence-electron chi connectivity index (χ2n) is 4.65. The Labute approximate surface area is 141 Å². The van der Waals surface area contributed by atoms with Crippen LogP contribution in [0.3, 0.4) is 0 Å². The van der Waals surface area contributed by atoms with E-state index in [4.69, 9.17) is 5.11 Å². The lowest BCUT2D eigenvalue weighted by Crippen LogP contribution is -2.38. The Kier molecular flexibility index (Phi) is 7.33. The van der Waals surface area contributed by atoms with Crippen molar-refractivity contribution < 1.29 is 41.0 Å². The summed E-state index contributed by atoms with van der Waals surface area (Å²) in [6, 6.07) is 3.09. The number of ether oxygens (including phenoxy) is 1. The van der Waals surface area contributed by atoms with Crippen molar-refractivity contribution in [2.75, 3.05) is 26.3 Å². The largest absolute Gasteiger partial charge is 0.480 e. The van der Waals surface area contributed by atoms with Crippen molar-refractivity contribution in [3.05, 3.63) is 29.8 Å². The zero-order valence-corrected chi connectivity index (χ0v) is 13.5. The lowest BCUT2D eigenvalue weighted by molar-refractivity contribution is -0.142. The highest BCUT2D eigenvalue weighted by Gasteiger charge is 2.31. The molecule has 1 aromatic carbocycles. The van der Waals surface area contributed by atoms with Gasteiger partial charge in [-0.3, -0.25) is 4.79 Å². The second kappa shape index (κ2) is 8.78. The van der Waals surface area contributed by atoms with Crippen LogP contribution in [0, 0.1) is 0 Å². The Bertz CT molecular complexity index is 721. The SMILES string of the molecule is O=C(O)COCCNC(=O)CNS(=O)(=O)c1cccc(C(F)(F)F)c1. The number of hydrogen-bond donors (Lipinski definition) is 3. The summed E-state index contributed by atoms with van der Waals surface area (Å²) in [6.07, 6.45) is -4.70. The normalized spacial score (nSPS) is 12.0. The maximum Gasteiger partial charge on any atom is 0.416 e. The van der Waals surface area contributed by atoms with Crippen molar-refractivity contribution in [1.29, 1.82) is 0 Å². The van der Waals surface area contributed by atoms with Crippen molar-refractivity contribution in [3.8, 4) is 0 Å². The number of nitrogens with one attached hydrogen (secondary N) is 2. The quantitative estimate of drug-likeness (QED) is 0.523. The van der Waals surface area contributed by atoms with Gasteiger partial charge in [0.25, 0.3) is 0 Å². The molecule has 0 aliphatic carbocycles. The van der Waals surface area contributed by atoms with Crippen LogP contribution < -0.4 is 10.0 Å². The summed E-state index contributed by atoms with van der Waals surface area (Å²) in [5, 5.41) is 10.6. The fraction of sp³-hybridized carbons (Fsp3) is 0.385. The average Bonchev–Trinajstić information content (AvgIpc) is 2.52. The van der Waals surface area contributed by atoms with E-state index in [1.54, 1.807) is 0 Å². The van der Waals surface area contributed by atoms with E-state index in [0.717, 1.165) is 18.2 Å². The van der Waals surface area contributed by atoms with E-state index in [1.807, 2.05) is 4.72 Å². The number of halogens is 3. The van der Waals surface area contributed by atoms with E-state index in [-0.39, 0.29) is 13.2 Å². The Morgan fingerprint density at radius 3 is 2.52 bits per heavy atom. The highest BCUT2D eigenvalue weighted by atomic mass is 32.2. The molecule has 0 heterocycles. The summed E-state index contributed by atoms with van der Waals surface area (Å²) in [4.78, 5) is 21.0. The Hall–Kier alpha value is -2.18. The van der Waals surface area contributed by atoms with Crippen molar-refractivity contribution in [1.82, 2.24) is 10.0 Å². The molecule has 0 bridgehead atoms. The van der Waals surface area contributed by atoms with Gasteiger partial charge in [-0.1, -0.05) is 6.07 Å². The topological polar surface area (TPSA) is 122 Å². The molecule has 25 heavy (non-hydrogen) atoms. The third kappa shape index (κ3) is 7.49. The van der Waals surface area contributed by atoms with Crippen molar-refractivity contribution >= 4 is 21.9 Å². The van der Waals surface area contributed by atoms with Crippen LogP contribution in [0.15, 0.2) is 29.2 Å². The smallest absolute Gasteiger partial charge is 0.416 e. The number of carboxylic acids is 1. The molecule has 0 aromatic heterocycles. The lowest BCUT2D eigenvalue weighted by Gasteiger charge is -2.10. The number of carbonyl (C=O) groups excluding carboxylic acids is 1. The van der Waals surface area contributed by atoms with Crippen LogP contribution in [0.5, 0.6) is 0 Å². The second-order valence-corrected chi connectivity index (χ2v) is 6.41. The van der Waals surface area contributed by atoms with E-state index >= 15 is 0 Å². The Balaban J connectivity index is 2.53. The molecule has 1 amide bonds. The van der Waals surface area contributed by atoms with Gasteiger partial charge in [0.2, 0.25) is 15.9 Å². The molecule has 0 radical (unpaired) electrons. The number of rotatable bonds is 9. The van der Waals surface area contributed by atoms with Gasteiger partial charge in [-0.05, 0) is 18.2 Å². The van der Waals surface area contributed by atoms with Gasteiger partial charge in [-0.15, -0.1) is 0 Å². The number of aliphatic carboxylic acids is 1. The number of sulfonamides is 1. The molecule has 0 spiro atoms. The van der Waals surface area contributed by atoms with E-state index in [1.165, 1.54) is 0 Å². The van der Waals surface area contributed by atoms with Gasteiger partial charge in [-0.25, -0.2) is 17.9 Å². The molecule has 3 N–H and O–H groups in total. The molecule has 0 aliphatic rings. The number of alkyl halides is 3. The first-order valence-electron chi connectivity index (χ1n) is 6.75. The number of amides is 1. The maximum absolute atomic E-state index is 12.6. The molecule has 140 valence electrons. The van der Waals surface area contributed by atoms with Gasteiger partial charge in [0.15, 0.2) is 0 Å². The molecule has 1 aromatic rings.